The van der Waals surface area contributed by atoms with Gasteiger partial charge in [0.25, 0.3) is 5.91 Å². The van der Waals surface area contributed by atoms with Crippen molar-refractivity contribution in [3.63, 3.8) is 0 Å². The van der Waals surface area contributed by atoms with Gasteiger partial charge in [0.1, 0.15) is 11.5 Å². The standard InChI is InChI=1S/C25H34N4O3/c1-32-18-8-14-26-24(30)20-12-16-28(17-13-20)25(31)22-21-11-6-3-7-15-29(21)23(27-22)19-9-4-2-5-10-19/h2,4-5,9-10,20H,3,6-8,11-18H2,1H3,(H,26,30). The molecule has 1 aromatic carbocycles. The van der Waals surface area contributed by atoms with Crippen LogP contribution >= 0.6 is 0 Å². The van der Waals surface area contributed by atoms with Crippen LogP contribution in [-0.2, 0) is 22.5 Å². The van der Waals surface area contributed by atoms with Gasteiger partial charge in [-0.3, -0.25) is 9.59 Å². The van der Waals surface area contributed by atoms with Crippen LogP contribution in [0.4, 0.5) is 0 Å². The highest BCUT2D eigenvalue weighted by molar-refractivity contribution is 5.94. The van der Waals surface area contributed by atoms with E-state index < -0.39 is 0 Å². The van der Waals surface area contributed by atoms with E-state index in [0.29, 0.717) is 44.8 Å². The molecule has 0 radical (unpaired) electrons. The smallest absolute Gasteiger partial charge is 0.274 e. The Kier molecular flexibility index (Phi) is 7.58. The molecule has 7 nitrogen and oxygen atoms in total. The lowest BCUT2D eigenvalue weighted by Gasteiger charge is -2.31. The number of methoxy groups -OCH3 is 1. The van der Waals surface area contributed by atoms with Gasteiger partial charge in [-0.2, -0.15) is 0 Å². The SMILES string of the molecule is COCCCNC(=O)C1CCN(C(=O)c2nc(-c3ccccc3)n3c2CCCCC3)CC1. The van der Waals surface area contributed by atoms with Crippen molar-refractivity contribution in [3.8, 4) is 11.4 Å². The van der Waals surface area contributed by atoms with Crippen molar-refractivity contribution in [1.82, 2.24) is 19.8 Å². The molecular formula is C25H34N4O3. The van der Waals surface area contributed by atoms with Gasteiger partial charge in [-0.25, -0.2) is 4.98 Å². The number of hydrogen-bond acceptors (Lipinski definition) is 4. The molecule has 3 heterocycles. The molecule has 0 atom stereocenters. The van der Waals surface area contributed by atoms with Gasteiger partial charge in [0, 0.05) is 51.4 Å². The number of carbonyl (C=O) groups is 2. The van der Waals surface area contributed by atoms with Gasteiger partial charge in [-0.1, -0.05) is 36.8 Å². The lowest BCUT2D eigenvalue weighted by atomic mass is 9.95. The van der Waals surface area contributed by atoms with Gasteiger partial charge in [0.2, 0.25) is 5.91 Å². The Morgan fingerprint density at radius 2 is 1.88 bits per heavy atom. The van der Waals surface area contributed by atoms with E-state index in [4.69, 9.17) is 9.72 Å². The van der Waals surface area contributed by atoms with Crippen LogP contribution in [0, 0.1) is 5.92 Å². The first-order valence-electron chi connectivity index (χ1n) is 11.9. The number of ether oxygens (including phenoxy) is 1. The molecule has 32 heavy (non-hydrogen) atoms. The third-order valence-corrected chi connectivity index (χ3v) is 6.58. The first kappa shape index (κ1) is 22.5. The van der Waals surface area contributed by atoms with Gasteiger partial charge < -0.3 is 19.5 Å². The van der Waals surface area contributed by atoms with Crippen molar-refractivity contribution >= 4 is 11.8 Å². The first-order chi connectivity index (χ1) is 15.7. The number of hydrogen-bond donors (Lipinski definition) is 1. The average Bonchev–Trinajstić information content (AvgIpc) is 3.02. The van der Waals surface area contributed by atoms with Crippen LogP contribution in [0.25, 0.3) is 11.4 Å². The molecule has 172 valence electrons. The fraction of sp³-hybridized carbons (Fsp3) is 0.560. The summed E-state index contributed by atoms with van der Waals surface area (Å²) < 4.78 is 7.29. The molecule has 2 amide bonds. The van der Waals surface area contributed by atoms with E-state index in [9.17, 15) is 9.59 Å². The van der Waals surface area contributed by atoms with Crippen LogP contribution in [0.2, 0.25) is 0 Å². The van der Waals surface area contributed by atoms with Crippen LogP contribution in [0.3, 0.4) is 0 Å². The lowest BCUT2D eigenvalue weighted by molar-refractivity contribution is -0.126. The Morgan fingerprint density at radius 1 is 1.09 bits per heavy atom. The summed E-state index contributed by atoms with van der Waals surface area (Å²) in [5.74, 6) is 0.976. The van der Waals surface area contributed by atoms with E-state index in [1.165, 1.54) is 6.42 Å². The fourth-order valence-corrected chi connectivity index (χ4v) is 4.77. The Morgan fingerprint density at radius 3 is 2.62 bits per heavy atom. The molecule has 4 rings (SSSR count). The second kappa shape index (κ2) is 10.8. The highest BCUT2D eigenvalue weighted by Gasteiger charge is 2.31. The number of amides is 2. The maximum atomic E-state index is 13.5. The number of nitrogens with one attached hydrogen (secondary N) is 1. The second-order valence-electron chi connectivity index (χ2n) is 8.76. The number of nitrogens with zero attached hydrogens (tertiary/aromatic N) is 3. The largest absolute Gasteiger partial charge is 0.385 e. The maximum Gasteiger partial charge on any atom is 0.274 e. The van der Waals surface area contributed by atoms with Crippen molar-refractivity contribution in [2.75, 3.05) is 33.4 Å². The molecule has 0 bridgehead atoms. The van der Waals surface area contributed by atoms with Crippen molar-refractivity contribution in [2.45, 2.75) is 51.5 Å². The number of aromatic nitrogens is 2. The maximum absolute atomic E-state index is 13.5. The first-order valence-corrected chi connectivity index (χ1v) is 11.9. The molecule has 0 aliphatic carbocycles. The molecule has 1 aromatic heterocycles. The molecule has 1 saturated heterocycles. The molecule has 7 heteroatoms. The van der Waals surface area contributed by atoms with E-state index in [1.807, 2.05) is 23.1 Å². The van der Waals surface area contributed by atoms with Gasteiger partial charge in [0.15, 0.2) is 0 Å². The van der Waals surface area contributed by atoms with Crippen LogP contribution < -0.4 is 5.32 Å². The van der Waals surface area contributed by atoms with Crippen LogP contribution in [0.15, 0.2) is 30.3 Å². The fourth-order valence-electron chi connectivity index (χ4n) is 4.77. The van der Waals surface area contributed by atoms with Crippen LogP contribution in [0.1, 0.15) is 54.7 Å². The molecule has 2 aromatic rings. The van der Waals surface area contributed by atoms with Crippen molar-refractivity contribution in [2.24, 2.45) is 5.92 Å². The van der Waals surface area contributed by atoms with E-state index in [1.54, 1.807) is 7.11 Å². The Bertz CT molecular complexity index is 917. The third kappa shape index (κ3) is 5.04. The Labute approximate surface area is 190 Å². The minimum atomic E-state index is -0.0272. The Balaban J connectivity index is 1.45. The number of fused-ring (bicyclic) bond motifs is 1. The summed E-state index contributed by atoms with van der Waals surface area (Å²) in [6.45, 7) is 3.39. The van der Waals surface area contributed by atoms with E-state index in [2.05, 4.69) is 22.0 Å². The zero-order valence-electron chi connectivity index (χ0n) is 19.0. The van der Waals surface area contributed by atoms with Crippen LogP contribution in [0.5, 0.6) is 0 Å². The van der Waals surface area contributed by atoms with Gasteiger partial charge in [-0.05, 0) is 38.5 Å². The normalized spacial score (nSPS) is 17.0. The number of carbonyl (C=O) groups excluding carboxylic acids is 2. The molecule has 0 saturated carbocycles. The molecule has 2 aliphatic heterocycles. The van der Waals surface area contributed by atoms with E-state index in [0.717, 1.165) is 49.3 Å². The van der Waals surface area contributed by atoms with Crippen LogP contribution in [-0.4, -0.2) is 59.6 Å². The summed E-state index contributed by atoms with van der Waals surface area (Å²) >= 11 is 0. The van der Waals surface area contributed by atoms with Crippen molar-refractivity contribution in [1.29, 1.82) is 0 Å². The summed E-state index contributed by atoms with van der Waals surface area (Å²) in [5.41, 5.74) is 2.73. The highest BCUT2D eigenvalue weighted by Crippen LogP contribution is 2.29. The number of piperidine rings is 1. The van der Waals surface area contributed by atoms with E-state index >= 15 is 0 Å². The predicted octanol–water partition coefficient (Wildman–Crippen LogP) is 3.28. The third-order valence-electron chi connectivity index (χ3n) is 6.58. The number of likely N-dealkylation sites (tertiary alicyclic amines) is 1. The second-order valence-corrected chi connectivity index (χ2v) is 8.76. The minimum Gasteiger partial charge on any atom is -0.385 e. The predicted molar refractivity (Wildman–Crippen MR) is 123 cm³/mol. The number of benzene rings is 1. The molecular weight excluding hydrogens is 404 g/mol. The molecule has 1 N–H and O–H groups in total. The van der Waals surface area contributed by atoms with E-state index in [-0.39, 0.29) is 17.7 Å². The highest BCUT2D eigenvalue weighted by atomic mass is 16.5. The summed E-state index contributed by atoms with van der Waals surface area (Å²) in [6, 6.07) is 10.2. The topological polar surface area (TPSA) is 76.5 Å². The summed E-state index contributed by atoms with van der Waals surface area (Å²) in [6.07, 6.45) is 6.48. The molecule has 1 fully saturated rings. The summed E-state index contributed by atoms with van der Waals surface area (Å²) in [7, 11) is 1.66. The molecule has 0 spiro atoms. The quantitative estimate of drug-likeness (QED) is 0.673. The zero-order chi connectivity index (χ0) is 22.3. The number of rotatable bonds is 7. The Hall–Kier alpha value is -2.67. The lowest BCUT2D eigenvalue weighted by Crippen LogP contribution is -2.43. The van der Waals surface area contributed by atoms with Gasteiger partial charge >= 0.3 is 0 Å². The summed E-state index contributed by atoms with van der Waals surface area (Å²) in [5, 5.41) is 2.99. The summed E-state index contributed by atoms with van der Waals surface area (Å²) in [4.78, 5) is 32.7. The molecule has 2 aliphatic rings. The molecule has 0 unspecified atom stereocenters. The van der Waals surface area contributed by atoms with Gasteiger partial charge in [-0.15, -0.1) is 0 Å². The number of imidazole rings is 1. The van der Waals surface area contributed by atoms with Gasteiger partial charge in [0.05, 0.1) is 5.69 Å². The average molecular weight is 439 g/mol. The zero-order valence-corrected chi connectivity index (χ0v) is 19.0. The van der Waals surface area contributed by atoms with Crippen molar-refractivity contribution < 1.29 is 14.3 Å². The van der Waals surface area contributed by atoms with Crippen molar-refractivity contribution in [3.05, 3.63) is 41.7 Å². The minimum absolute atomic E-state index is 0.0109. The monoisotopic (exact) mass is 438 g/mol.